The second kappa shape index (κ2) is 6.52. The smallest absolute Gasteiger partial charge is 0.265 e. The second-order valence-corrected chi connectivity index (χ2v) is 6.37. The Labute approximate surface area is 152 Å². The fourth-order valence-corrected chi connectivity index (χ4v) is 3.22. The Bertz CT molecular complexity index is 994. The zero-order chi connectivity index (χ0) is 18.1. The number of primary amides is 1. The van der Waals surface area contributed by atoms with E-state index in [4.69, 9.17) is 15.2 Å². The molecule has 4 rings (SSSR count). The average molecular weight is 370 g/mol. The standard InChI is InChI=1S/C17H14N4O4S/c18-15(22)11-5-10(7-19-11)12-8-26-17(20-12)21-16(23)9-1-2-13-14(6-9)25-4-3-24-13/h1-2,5-8,19H,3-4H2,(H2,18,22)(H,20,21,23). The largest absolute Gasteiger partial charge is 0.486 e. The summed E-state index contributed by atoms with van der Waals surface area (Å²) in [7, 11) is 0. The highest BCUT2D eigenvalue weighted by atomic mass is 32.1. The molecule has 9 heteroatoms. The molecule has 0 unspecified atom stereocenters. The maximum Gasteiger partial charge on any atom is 0.265 e. The minimum Gasteiger partial charge on any atom is -0.486 e. The van der Waals surface area contributed by atoms with E-state index in [1.54, 1.807) is 35.8 Å². The van der Waals surface area contributed by atoms with Crippen molar-refractivity contribution in [3.05, 3.63) is 47.1 Å². The molecule has 132 valence electrons. The first kappa shape index (κ1) is 16.2. The molecule has 1 aliphatic rings. The van der Waals surface area contributed by atoms with E-state index in [0.29, 0.717) is 46.8 Å². The van der Waals surface area contributed by atoms with E-state index in [0.717, 1.165) is 5.56 Å². The molecule has 0 bridgehead atoms. The summed E-state index contributed by atoms with van der Waals surface area (Å²) in [6.07, 6.45) is 1.64. The van der Waals surface area contributed by atoms with Crippen molar-refractivity contribution in [3.63, 3.8) is 0 Å². The van der Waals surface area contributed by atoms with Crippen molar-refractivity contribution in [1.29, 1.82) is 0 Å². The molecule has 3 heterocycles. The van der Waals surface area contributed by atoms with Crippen LogP contribution in [0.4, 0.5) is 5.13 Å². The van der Waals surface area contributed by atoms with Crippen LogP contribution in [0.2, 0.25) is 0 Å². The third kappa shape index (κ3) is 3.11. The van der Waals surface area contributed by atoms with Gasteiger partial charge < -0.3 is 20.2 Å². The SMILES string of the molecule is NC(=O)c1cc(-c2csc(NC(=O)c3ccc4c(c3)OCCO4)n2)c[nH]1. The van der Waals surface area contributed by atoms with Crippen LogP contribution in [-0.2, 0) is 0 Å². The van der Waals surface area contributed by atoms with Crippen LogP contribution in [0, 0.1) is 0 Å². The minimum absolute atomic E-state index is 0.297. The maximum absolute atomic E-state index is 12.4. The summed E-state index contributed by atoms with van der Waals surface area (Å²) in [6.45, 7) is 0.953. The normalized spacial score (nSPS) is 12.6. The van der Waals surface area contributed by atoms with Crippen molar-refractivity contribution in [2.75, 3.05) is 18.5 Å². The zero-order valence-electron chi connectivity index (χ0n) is 13.4. The second-order valence-electron chi connectivity index (χ2n) is 5.52. The molecule has 8 nitrogen and oxygen atoms in total. The number of carbonyl (C=O) groups is 2. The lowest BCUT2D eigenvalue weighted by atomic mass is 10.2. The topological polar surface area (TPSA) is 119 Å². The van der Waals surface area contributed by atoms with E-state index in [1.807, 2.05) is 0 Å². The molecular weight excluding hydrogens is 356 g/mol. The first-order valence-electron chi connectivity index (χ1n) is 7.75. The Balaban J connectivity index is 1.50. The van der Waals surface area contributed by atoms with Crippen LogP contribution < -0.4 is 20.5 Å². The highest BCUT2D eigenvalue weighted by molar-refractivity contribution is 7.14. The van der Waals surface area contributed by atoms with Gasteiger partial charge in [-0.15, -0.1) is 11.3 Å². The molecule has 0 saturated carbocycles. The highest BCUT2D eigenvalue weighted by Gasteiger charge is 2.16. The molecule has 0 fully saturated rings. The van der Waals surface area contributed by atoms with Gasteiger partial charge >= 0.3 is 0 Å². The molecule has 2 amide bonds. The summed E-state index contributed by atoms with van der Waals surface area (Å²) in [6, 6.07) is 6.64. The highest BCUT2D eigenvalue weighted by Crippen LogP contribution is 2.31. The van der Waals surface area contributed by atoms with Gasteiger partial charge in [0.05, 0.1) is 5.69 Å². The molecule has 3 aromatic rings. The number of thiazole rings is 1. The van der Waals surface area contributed by atoms with Crippen molar-refractivity contribution in [1.82, 2.24) is 9.97 Å². The summed E-state index contributed by atoms with van der Waals surface area (Å²) < 4.78 is 10.9. The minimum atomic E-state index is -0.543. The molecule has 0 aliphatic carbocycles. The first-order chi connectivity index (χ1) is 12.6. The Morgan fingerprint density at radius 2 is 2.00 bits per heavy atom. The number of aromatic nitrogens is 2. The predicted octanol–water partition coefficient (Wildman–Crippen LogP) is 2.26. The average Bonchev–Trinajstić information content (AvgIpc) is 3.30. The molecule has 4 N–H and O–H groups in total. The van der Waals surface area contributed by atoms with Gasteiger partial charge in [0.2, 0.25) is 0 Å². The summed E-state index contributed by atoms with van der Waals surface area (Å²) in [5, 5.41) is 4.99. The maximum atomic E-state index is 12.4. The van der Waals surface area contributed by atoms with Gasteiger partial charge in [0.1, 0.15) is 18.9 Å². The Hall–Kier alpha value is -3.33. The number of carbonyl (C=O) groups excluding carboxylic acids is 2. The molecule has 2 aromatic heterocycles. The summed E-state index contributed by atoms with van der Waals surface area (Å²) in [5.74, 6) is 0.338. The van der Waals surface area contributed by atoms with Crippen molar-refractivity contribution >= 4 is 28.3 Å². The van der Waals surface area contributed by atoms with Gasteiger partial charge in [0, 0.05) is 22.7 Å². The molecule has 26 heavy (non-hydrogen) atoms. The molecule has 1 aromatic carbocycles. The van der Waals surface area contributed by atoms with E-state index in [1.165, 1.54) is 11.3 Å². The van der Waals surface area contributed by atoms with E-state index < -0.39 is 5.91 Å². The van der Waals surface area contributed by atoms with Crippen LogP contribution in [0.25, 0.3) is 11.3 Å². The van der Waals surface area contributed by atoms with Gasteiger partial charge in [0.15, 0.2) is 16.6 Å². The number of anilines is 1. The number of rotatable bonds is 4. The van der Waals surface area contributed by atoms with Gasteiger partial charge in [-0.05, 0) is 24.3 Å². The molecule has 0 radical (unpaired) electrons. The lowest BCUT2D eigenvalue weighted by Gasteiger charge is -2.18. The summed E-state index contributed by atoms with van der Waals surface area (Å²) >= 11 is 1.28. The van der Waals surface area contributed by atoms with Gasteiger partial charge in [-0.1, -0.05) is 0 Å². The number of amides is 2. The number of aromatic amines is 1. The van der Waals surface area contributed by atoms with Crippen molar-refractivity contribution < 1.29 is 19.1 Å². The number of hydrogen-bond donors (Lipinski definition) is 3. The van der Waals surface area contributed by atoms with E-state index in [-0.39, 0.29) is 5.91 Å². The Morgan fingerprint density at radius 1 is 1.19 bits per heavy atom. The number of fused-ring (bicyclic) bond motifs is 1. The number of nitrogens with zero attached hydrogens (tertiary/aromatic N) is 1. The van der Waals surface area contributed by atoms with Crippen molar-refractivity contribution in [2.24, 2.45) is 5.73 Å². The third-order valence-electron chi connectivity index (χ3n) is 3.77. The van der Waals surface area contributed by atoms with Crippen LogP contribution in [0.5, 0.6) is 11.5 Å². The molecule has 0 spiro atoms. The fraction of sp³-hybridized carbons (Fsp3) is 0.118. The lowest BCUT2D eigenvalue weighted by molar-refractivity contribution is 0.0993. The van der Waals surface area contributed by atoms with Crippen LogP contribution >= 0.6 is 11.3 Å². The number of ether oxygens (including phenoxy) is 2. The third-order valence-corrected chi connectivity index (χ3v) is 4.53. The van der Waals surface area contributed by atoms with E-state index >= 15 is 0 Å². The van der Waals surface area contributed by atoms with Crippen molar-refractivity contribution in [2.45, 2.75) is 0 Å². The van der Waals surface area contributed by atoms with Crippen LogP contribution in [0.15, 0.2) is 35.8 Å². The Kier molecular flexibility index (Phi) is 4.05. The van der Waals surface area contributed by atoms with Crippen LogP contribution in [0.1, 0.15) is 20.8 Å². The number of benzene rings is 1. The number of H-pyrrole nitrogens is 1. The number of hydrogen-bond acceptors (Lipinski definition) is 6. The summed E-state index contributed by atoms with van der Waals surface area (Å²) in [5.41, 5.74) is 7.33. The number of nitrogens with two attached hydrogens (primary N) is 1. The monoisotopic (exact) mass is 370 g/mol. The zero-order valence-corrected chi connectivity index (χ0v) is 14.3. The van der Waals surface area contributed by atoms with Crippen LogP contribution in [0.3, 0.4) is 0 Å². The Morgan fingerprint density at radius 3 is 2.77 bits per heavy atom. The quantitative estimate of drug-likeness (QED) is 0.651. The van der Waals surface area contributed by atoms with E-state index in [2.05, 4.69) is 15.3 Å². The fourth-order valence-electron chi connectivity index (χ4n) is 2.50. The predicted molar refractivity (Wildman–Crippen MR) is 95.8 cm³/mol. The van der Waals surface area contributed by atoms with Gasteiger partial charge in [0.25, 0.3) is 11.8 Å². The van der Waals surface area contributed by atoms with E-state index in [9.17, 15) is 9.59 Å². The molecule has 0 atom stereocenters. The molecule has 0 saturated heterocycles. The van der Waals surface area contributed by atoms with Gasteiger partial charge in [-0.25, -0.2) is 4.98 Å². The molecule has 1 aliphatic heterocycles. The summed E-state index contributed by atoms with van der Waals surface area (Å²) in [4.78, 5) is 30.7. The number of nitrogens with one attached hydrogen (secondary N) is 2. The van der Waals surface area contributed by atoms with Gasteiger partial charge in [-0.2, -0.15) is 0 Å². The lowest BCUT2D eigenvalue weighted by Crippen LogP contribution is -2.17. The molecular formula is C17H14N4O4S. The van der Waals surface area contributed by atoms with Crippen LogP contribution in [-0.4, -0.2) is 35.0 Å². The van der Waals surface area contributed by atoms with Crippen molar-refractivity contribution in [3.8, 4) is 22.8 Å². The first-order valence-corrected chi connectivity index (χ1v) is 8.63. The van der Waals surface area contributed by atoms with Gasteiger partial charge in [-0.3, -0.25) is 14.9 Å².